The van der Waals surface area contributed by atoms with Gasteiger partial charge in [0.15, 0.2) is 5.75 Å². The van der Waals surface area contributed by atoms with E-state index < -0.39 is 0 Å². The molecule has 1 aliphatic heterocycles. The molecule has 5 rings (SSSR count). The number of nitrogens with zero attached hydrogens (tertiary/aromatic N) is 4. The predicted octanol–water partition coefficient (Wildman–Crippen LogP) is 4.24. The number of hydrogen-bond donors (Lipinski definition) is 2. The Balaban J connectivity index is 1.61. The van der Waals surface area contributed by atoms with E-state index in [0.29, 0.717) is 16.6 Å². The molecule has 3 heterocycles. The van der Waals surface area contributed by atoms with Crippen molar-refractivity contribution in [2.45, 2.75) is 13.3 Å². The first-order valence-corrected chi connectivity index (χ1v) is 11.9. The van der Waals surface area contributed by atoms with Crippen molar-refractivity contribution in [1.29, 1.82) is 0 Å². The van der Waals surface area contributed by atoms with Crippen molar-refractivity contribution in [3.63, 3.8) is 0 Å². The third kappa shape index (κ3) is 4.13. The van der Waals surface area contributed by atoms with Crippen LogP contribution in [-0.2, 0) is 4.74 Å². The lowest BCUT2D eigenvalue weighted by molar-refractivity contribution is 0.0378. The van der Waals surface area contributed by atoms with Crippen molar-refractivity contribution in [3.8, 4) is 16.9 Å². The number of methoxy groups -OCH3 is 1. The summed E-state index contributed by atoms with van der Waals surface area (Å²) in [6.45, 7) is 7.45. The number of rotatable bonds is 7. The van der Waals surface area contributed by atoms with Crippen molar-refractivity contribution < 1.29 is 9.47 Å². The lowest BCUT2D eigenvalue weighted by Crippen LogP contribution is -2.37. The van der Waals surface area contributed by atoms with Crippen LogP contribution in [0.4, 0.5) is 11.5 Å². The molecule has 0 bridgehead atoms. The number of ether oxygens (including phenoxy) is 2. The first-order chi connectivity index (χ1) is 16.6. The summed E-state index contributed by atoms with van der Waals surface area (Å²) in [6.07, 6.45) is 4.48. The van der Waals surface area contributed by atoms with Crippen LogP contribution < -0.4 is 15.8 Å². The molecule has 0 amide bonds. The molecule has 0 atom stereocenters. The Morgan fingerprint density at radius 3 is 2.79 bits per heavy atom. The van der Waals surface area contributed by atoms with E-state index >= 15 is 0 Å². The van der Waals surface area contributed by atoms with Gasteiger partial charge in [0.2, 0.25) is 0 Å². The Labute approximate surface area is 203 Å². The second kappa shape index (κ2) is 9.66. The number of fused-ring (bicyclic) bond motifs is 3. The fraction of sp³-hybridized carbons (Fsp3) is 0.360. The molecule has 4 aromatic rings. The van der Waals surface area contributed by atoms with Crippen LogP contribution in [0.3, 0.4) is 0 Å². The van der Waals surface area contributed by atoms with Crippen molar-refractivity contribution in [3.05, 3.63) is 47.4 Å². The SMILES string of the molecule is COc1c(NCCCN2CCOCC2)cc2c(nc(N)c3cncn32)c1-c1c(C)cccc1Cl. The minimum Gasteiger partial charge on any atom is -0.494 e. The van der Waals surface area contributed by atoms with Crippen LogP contribution in [0.1, 0.15) is 12.0 Å². The fourth-order valence-corrected chi connectivity index (χ4v) is 4.98. The van der Waals surface area contributed by atoms with Crippen LogP contribution >= 0.6 is 11.6 Å². The largest absolute Gasteiger partial charge is 0.494 e. The molecule has 3 N–H and O–H groups in total. The summed E-state index contributed by atoms with van der Waals surface area (Å²) in [5.41, 5.74) is 12.3. The van der Waals surface area contributed by atoms with Crippen LogP contribution in [0.15, 0.2) is 36.8 Å². The van der Waals surface area contributed by atoms with Crippen LogP contribution in [-0.4, -0.2) is 65.8 Å². The van der Waals surface area contributed by atoms with Gasteiger partial charge in [-0.2, -0.15) is 0 Å². The van der Waals surface area contributed by atoms with Gasteiger partial charge in [-0.05, 0) is 37.6 Å². The number of aromatic nitrogens is 3. The molecule has 2 aromatic heterocycles. The van der Waals surface area contributed by atoms with Crippen LogP contribution in [0.25, 0.3) is 27.7 Å². The topological polar surface area (TPSA) is 89.9 Å². The smallest absolute Gasteiger partial charge is 0.152 e. The minimum absolute atomic E-state index is 0.407. The van der Waals surface area contributed by atoms with E-state index in [1.807, 2.05) is 29.5 Å². The van der Waals surface area contributed by atoms with Crippen LogP contribution in [0.5, 0.6) is 5.75 Å². The molecule has 1 aliphatic rings. The summed E-state index contributed by atoms with van der Waals surface area (Å²) in [7, 11) is 1.68. The third-order valence-electron chi connectivity index (χ3n) is 6.37. The van der Waals surface area contributed by atoms with Gasteiger partial charge in [0.1, 0.15) is 16.9 Å². The first-order valence-electron chi connectivity index (χ1n) is 11.5. The summed E-state index contributed by atoms with van der Waals surface area (Å²) < 4.78 is 13.4. The molecule has 8 nitrogen and oxygen atoms in total. The molecular weight excluding hydrogens is 452 g/mol. The molecule has 0 aliphatic carbocycles. The van der Waals surface area contributed by atoms with E-state index in [1.54, 1.807) is 19.6 Å². The molecule has 0 unspecified atom stereocenters. The predicted molar refractivity (Wildman–Crippen MR) is 137 cm³/mol. The van der Waals surface area contributed by atoms with Gasteiger partial charge in [-0.25, -0.2) is 9.97 Å². The summed E-state index contributed by atoms with van der Waals surface area (Å²) in [4.78, 5) is 11.5. The van der Waals surface area contributed by atoms with Gasteiger partial charge in [0, 0.05) is 30.2 Å². The Morgan fingerprint density at radius 2 is 2.03 bits per heavy atom. The highest BCUT2D eigenvalue weighted by Crippen LogP contribution is 2.46. The van der Waals surface area contributed by atoms with E-state index in [9.17, 15) is 0 Å². The zero-order valence-corrected chi connectivity index (χ0v) is 20.2. The molecule has 9 heteroatoms. The summed E-state index contributed by atoms with van der Waals surface area (Å²) in [5.74, 6) is 1.10. The number of anilines is 2. The third-order valence-corrected chi connectivity index (χ3v) is 6.69. The zero-order valence-electron chi connectivity index (χ0n) is 19.5. The number of nitrogens with one attached hydrogen (secondary N) is 1. The van der Waals surface area contributed by atoms with Gasteiger partial charge >= 0.3 is 0 Å². The van der Waals surface area contributed by atoms with Gasteiger partial charge in [-0.15, -0.1) is 0 Å². The van der Waals surface area contributed by atoms with Crippen molar-refractivity contribution in [2.75, 3.05) is 57.6 Å². The standard InChI is InChI=1S/C25H29ClN6O2/c1-16-5-3-6-17(26)21(16)22-23-19(32-15-28-14-20(32)25(27)30-23)13-18(24(22)33-2)29-7-4-8-31-9-11-34-12-10-31/h3,5-6,13-15,29H,4,7-12H2,1-2H3,(H2,27,30). The molecule has 0 radical (unpaired) electrons. The monoisotopic (exact) mass is 480 g/mol. The van der Waals surface area contributed by atoms with E-state index in [2.05, 4.69) is 21.3 Å². The maximum Gasteiger partial charge on any atom is 0.152 e. The van der Waals surface area contributed by atoms with E-state index in [-0.39, 0.29) is 0 Å². The Bertz CT molecular complexity index is 1310. The number of imidazole rings is 1. The van der Waals surface area contributed by atoms with Gasteiger partial charge in [0.25, 0.3) is 0 Å². The summed E-state index contributed by atoms with van der Waals surface area (Å²) in [5, 5.41) is 4.23. The highest BCUT2D eigenvalue weighted by atomic mass is 35.5. The molecular formula is C25H29ClN6O2. The van der Waals surface area contributed by atoms with E-state index in [0.717, 1.165) is 84.7 Å². The van der Waals surface area contributed by atoms with Crippen LogP contribution in [0, 0.1) is 6.92 Å². The Kier molecular flexibility index (Phi) is 6.45. The highest BCUT2D eigenvalue weighted by molar-refractivity contribution is 6.34. The van der Waals surface area contributed by atoms with Crippen LogP contribution in [0.2, 0.25) is 5.02 Å². The molecule has 2 aromatic carbocycles. The number of nitrogens with two attached hydrogens (primary N) is 1. The quantitative estimate of drug-likeness (QED) is 0.382. The van der Waals surface area contributed by atoms with Gasteiger partial charge < -0.3 is 20.5 Å². The second-order valence-electron chi connectivity index (χ2n) is 8.51. The Hall–Kier alpha value is -3.07. The average Bonchev–Trinajstić information content (AvgIpc) is 3.34. The van der Waals surface area contributed by atoms with Crippen molar-refractivity contribution in [1.82, 2.24) is 19.3 Å². The lowest BCUT2D eigenvalue weighted by Gasteiger charge is -2.26. The first kappa shape index (κ1) is 22.7. The van der Waals surface area contributed by atoms with Gasteiger partial charge in [-0.1, -0.05) is 23.7 Å². The molecule has 1 fully saturated rings. The van der Waals surface area contributed by atoms with E-state index in [4.69, 9.17) is 31.8 Å². The number of benzene rings is 2. The summed E-state index contributed by atoms with van der Waals surface area (Å²) in [6, 6.07) is 7.92. The molecule has 178 valence electrons. The number of morpholine rings is 1. The number of aryl methyl sites for hydroxylation is 1. The average molecular weight is 481 g/mol. The fourth-order valence-electron chi connectivity index (χ4n) is 4.67. The lowest BCUT2D eigenvalue weighted by atomic mass is 9.96. The summed E-state index contributed by atoms with van der Waals surface area (Å²) >= 11 is 6.73. The van der Waals surface area contributed by atoms with E-state index in [1.165, 1.54) is 0 Å². The second-order valence-corrected chi connectivity index (χ2v) is 8.92. The maximum absolute atomic E-state index is 6.73. The Morgan fingerprint density at radius 1 is 1.21 bits per heavy atom. The van der Waals surface area contributed by atoms with Gasteiger partial charge in [0.05, 0.1) is 49.6 Å². The number of nitrogen functional groups attached to an aromatic ring is 1. The highest BCUT2D eigenvalue weighted by Gasteiger charge is 2.23. The molecule has 0 saturated carbocycles. The number of hydrogen-bond acceptors (Lipinski definition) is 7. The molecule has 34 heavy (non-hydrogen) atoms. The van der Waals surface area contributed by atoms with Crippen molar-refractivity contribution >= 4 is 39.7 Å². The normalized spacial score (nSPS) is 14.7. The molecule has 1 saturated heterocycles. The maximum atomic E-state index is 6.73. The number of halogens is 1. The zero-order chi connectivity index (χ0) is 23.7. The van der Waals surface area contributed by atoms with Gasteiger partial charge in [-0.3, -0.25) is 9.30 Å². The molecule has 0 spiro atoms. The van der Waals surface area contributed by atoms with Crippen molar-refractivity contribution in [2.24, 2.45) is 0 Å². The minimum atomic E-state index is 0.407.